The smallest absolute Gasteiger partial charge is 0.124 e. The van der Waals surface area contributed by atoms with Gasteiger partial charge >= 0.3 is 0 Å². The highest BCUT2D eigenvalue weighted by Crippen LogP contribution is 2.23. The molecule has 1 aromatic carbocycles. The van der Waals surface area contributed by atoms with E-state index in [1.165, 1.54) is 0 Å². The third-order valence-electron chi connectivity index (χ3n) is 2.97. The molecule has 0 bridgehead atoms. The Labute approximate surface area is 120 Å². The lowest BCUT2D eigenvalue weighted by Crippen LogP contribution is -2.06. The first kappa shape index (κ1) is 14.3. The molecule has 0 radical (unpaired) electrons. The molecule has 0 aliphatic carbocycles. The van der Waals surface area contributed by atoms with Crippen LogP contribution in [0.4, 0.5) is 0 Å². The second-order valence-corrected chi connectivity index (χ2v) is 6.12. The molecular weight excluding hydrogens is 284 g/mol. The predicted octanol–water partition coefficient (Wildman–Crippen LogP) is 2.55. The maximum absolute atomic E-state index is 11.1. The van der Waals surface area contributed by atoms with E-state index in [9.17, 15) is 4.21 Å². The highest BCUT2D eigenvalue weighted by atomic mass is 35.5. The van der Waals surface area contributed by atoms with Gasteiger partial charge in [0, 0.05) is 35.4 Å². The summed E-state index contributed by atoms with van der Waals surface area (Å²) < 4.78 is 18.5. The highest BCUT2D eigenvalue weighted by molar-refractivity contribution is 7.84. The number of benzene rings is 1. The van der Waals surface area contributed by atoms with Crippen molar-refractivity contribution >= 4 is 33.4 Å². The molecule has 0 fully saturated rings. The van der Waals surface area contributed by atoms with Gasteiger partial charge in [-0.05, 0) is 18.6 Å². The van der Waals surface area contributed by atoms with Gasteiger partial charge in [0.05, 0.1) is 24.0 Å². The minimum absolute atomic E-state index is 0.367. The van der Waals surface area contributed by atoms with Gasteiger partial charge in [-0.3, -0.25) is 4.21 Å². The maximum atomic E-state index is 11.1. The molecular formula is C13H17ClN2O2S. The van der Waals surface area contributed by atoms with Gasteiger partial charge in [0.1, 0.15) is 11.6 Å². The molecule has 0 amide bonds. The number of aryl methyl sites for hydroxylation is 1. The molecule has 1 aromatic heterocycles. The first-order valence-corrected chi connectivity index (χ1v) is 8.31. The SMILES string of the molecule is COc1ccc2nc(CCl)n(CCCS(C)=O)c2c1. The van der Waals surface area contributed by atoms with Crippen LogP contribution in [0.5, 0.6) is 5.75 Å². The summed E-state index contributed by atoms with van der Waals surface area (Å²) in [5.74, 6) is 2.69. The summed E-state index contributed by atoms with van der Waals surface area (Å²) in [7, 11) is 0.877. The third kappa shape index (κ3) is 3.28. The normalized spacial score (nSPS) is 12.8. The first-order chi connectivity index (χ1) is 9.15. The van der Waals surface area contributed by atoms with Gasteiger partial charge in [0.15, 0.2) is 0 Å². The fraction of sp³-hybridized carbons (Fsp3) is 0.462. The molecule has 1 atom stereocenters. The number of nitrogens with zero attached hydrogens (tertiary/aromatic N) is 2. The minimum atomic E-state index is -0.767. The standard InChI is InChI=1S/C13H17ClN2O2S/c1-18-10-4-5-11-12(8-10)16(13(9-14)15-11)6-3-7-19(2)17/h4-5,8H,3,6-7,9H2,1-2H3. The van der Waals surface area contributed by atoms with E-state index in [1.807, 2.05) is 18.2 Å². The lowest BCUT2D eigenvalue weighted by atomic mass is 10.3. The molecule has 0 aliphatic heterocycles. The van der Waals surface area contributed by atoms with Crippen molar-refractivity contribution in [3.8, 4) is 5.75 Å². The quantitative estimate of drug-likeness (QED) is 0.770. The van der Waals surface area contributed by atoms with Gasteiger partial charge in [-0.15, -0.1) is 11.6 Å². The van der Waals surface area contributed by atoms with E-state index in [4.69, 9.17) is 16.3 Å². The molecule has 0 saturated heterocycles. The first-order valence-electron chi connectivity index (χ1n) is 6.05. The van der Waals surface area contributed by atoms with Crippen LogP contribution in [0.3, 0.4) is 0 Å². The number of aromatic nitrogens is 2. The Morgan fingerprint density at radius 3 is 2.89 bits per heavy atom. The van der Waals surface area contributed by atoms with Crippen LogP contribution in [0, 0.1) is 0 Å². The maximum Gasteiger partial charge on any atom is 0.124 e. The number of hydrogen-bond acceptors (Lipinski definition) is 3. The van der Waals surface area contributed by atoms with Gasteiger partial charge in [-0.2, -0.15) is 0 Å². The number of halogens is 1. The summed E-state index contributed by atoms with van der Waals surface area (Å²) >= 11 is 5.94. The van der Waals surface area contributed by atoms with Gasteiger partial charge in [-0.25, -0.2) is 4.98 Å². The number of imidazole rings is 1. The monoisotopic (exact) mass is 300 g/mol. The topological polar surface area (TPSA) is 44.1 Å². The summed E-state index contributed by atoms with van der Waals surface area (Å²) in [6.45, 7) is 0.769. The molecule has 1 unspecified atom stereocenters. The molecule has 0 N–H and O–H groups in total. The Balaban J connectivity index is 2.34. The van der Waals surface area contributed by atoms with Crippen molar-refractivity contribution in [1.29, 1.82) is 0 Å². The zero-order valence-electron chi connectivity index (χ0n) is 11.1. The van der Waals surface area contributed by atoms with Crippen LogP contribution in [0.1, 0.15) is 12.2 Å². The number of alkyl halides is 1. The second-order valence-electron chi connectivity index (χ2n) is 4.30. The molecule has 19 heavy (non-hydrogen) atoms. The van der Waals surface area contributed by atoms with Crippen molar-refractivity contribution in [3.05, 3.63) is 24.0 Å². The van der Waals surface area contributed by atoms with Crippen molar-refractivity contribution in [2.75, 3.05) is 19.1 Å². The molecule has 0 saturated carbocycles. The number of rotatable bonds is 6. The Morgan fingerprint density at radius 1 is 1.47 bits per heavy atom. The van der Waals surface area contributed by atoms with Crippen LogP contribution in [0.15, 0.2) is 18.2 Å². The average molecular weight is 301 g/mol. The van der Waals surface area contributed by atoms with Gasteiger partial charge in [0.2, 0.25) is 0 Å². The fourth-order valence-electron chi connectivity index (χ4n) is 2.06. The lowest BCUT2D eigenvalue weighted by molar-refractivity contribution is 0.415. The zero-order valence-corrected chi connectivity index (χ0v) is 12.6. The fourth-order valence-corrected chi connectivity index (χ4v) is 2.80. The molecule has 6 heteroatoms. The Kier molecular flexibility index (Phi) is 4.82. The van der Waals surface area contributed by atoms with Crippen molar-refractivity contribution in [2.45, 2.75) is 18.8 Å². The Morgan fingerprint density at radius 2 is 2.26 bits per heavy atom. The van der Waals surface area contributed by atoms with E-state index in [-0.39, 0.29) is 0 Å². The van der Waals surface area contributed by atoms with E-state index in [1.54, 1.807) is 13.4 Å². The number of methoxy groups -OCH3 is 1. The molecule has 104 valence electrons. The van der Waals surface area contributed by atoms with E-state index < -0.39 is 10.8 Å². The van der Waals surface area contributed by atoms with Crippen LogP contribution in [0.25, 0.3) is 11.0 Å². The Bertz CT molecular complexity index is 598. The molecule has 4 nitrogen and oxygen atoms in total. The van der Waals surface area contributed by atoms with Crippen molar-refractivity contribution in [3.63, 3.8) is 0 Å². The average Bonchev–Trinajstić information content (AvgIpc) is 2.75. The van der Waals surface area contributed by atoms with Crippen LogP contribution in [-0.2, 0) is 23.2 Å². The molecule has 2 aromatic rings. The van der Waals surface area contributed by atoms with Crippen molar-refractivity contribution in [1.82, 2.24) is 9.55 Å². The predicted molar refractivity (Wildman–Crippen MR) is 79.4 cm³/mol. The number of ether oxygens (including phenoxy) is 1. The number of fused-ring (bicyclic) bond motifs is 1. The molecule has 1 heterocycles. The zero-order chi connectivity index (χ0) is 13.8. The van der Waals surface area contributed by atoms with Gasteiger partial charge in [-0.1, -0.05) is 0 Å². The summed E-state index contributed by atoms with van der Waals surface area (Å²) in [6, 6.07) is 5.78. The summed E-state index contributed by atoms with van der Waals surface area (Å²) in [4.78, 5) is 4.50. The van der Waals surface area contributed by atoms with Crippen molar-refractivity contribution in [2.24, 2.45) is 0 Å². The van der Waals surface area contributed by atoms with Gasteiger partial charge in [0.25, 0.3) is 0 Å². The highest BCUT2D eigenvalue weighted by Gasteiger charge is 2.10. The van der Waals surface area contributed by atoms with Crippen LogP contribution in [-0.4, -0.2) is 32.9 Å². The lowest BCUT2D eigenvalue weighted by Gasteiger charge is -2.07. The molecule has 2 rings (SSSR count). The molecule has 0 aliphatic rings. The van der Waals surface area contributed by atoms with E-state index >= 15 is 0 Å². The molecule has 0 spiro atoms. The number of hydrogen-bond donors (Lipinski definition) is 0. The summed E-state index contributed by atoms with van der Waals surface area (Å²) in [5.41, 5.74) is 1.92. The summed E-state index contributed by atoms with van der Waals surface area (Å²) in [6.07, 6.45) is 2.56. The van der Waals surface area contributed by atoms with Crippen LogP contribution < -0.4 is 4.74 Å². The van der Waals surface area contributed by atoms with E-state index in [0.29, 0.717) is 11.6 Å². The Hall–Kier alpha value is -1.07. The third-order valence-corrected chi connectivity index (χ3v) is 4.07. The van der Waals surface area contributed by atoms with Crippen molar-refractivity contribution < 1.29 is 8.95 Å². The van der Waals surface area contributed by atoms with E-state index in [2.05, 4.69) is 9.55 Å². The van der Waals surface area contributed by atoms with Crippen LogP contribution >= 0.6 is 11.6 Å². The minimum Gasteiger partial charge on any atom is -0.497 e. The summed E-state index contributed by atoms with van der Waals surface area (Å²) in [5, 5.41) is 0. The largest absolute Gasteiger partial charge is 0.497 e. The van der Waals surface area contributed by atoms with E-state index in [0.717, 1.165) is 35.6 Å². The second kappa shape index (κ2) is 6.39. The van der Waals surface area contributed by atoms with Gasteiger partial charge < -0.3 is 9.30 Å². The van der Waals surface area contributed by atoms with Crippen LogP contribution in [0.2, 0.25) is 0 Å².